The minimum atomic E-state index is -0.220. The Morgan fingerprint density at radius 1 is 1.39 bits per heavy atom. The van der Waals surface area contributed by atoms with Crippen LogP contribution in [-0.4, -0.2) is 55.0 Å². The molecule has 3 amide bonds. The molecule has 0 bridgehead atoms. The Hall–Kier alpha value is -1.79. The van der Waals surface area contributed by atoms with Crippen LogP contribution < -0.4 is 11.1 Å². The summed E-state index contributed by atoms with van der Waals surface area (Å²) < 4.78 is 0. The number of carbonyl (C=O) groups excluding carboxylic acids is 2. The summed E-state index contributed by atoms with van der Waals surface area (Å²) in [4.78, 5) is 27.7. The third kappa shape index (κ3) is 4.59. The van der Waals surface area contributed by atoms with Crippen LogP contribution in [0.15, 0.2) is 24.3 Å². The molecule has 6 nitrogen and oxygen atoms in total. The Labute approximate surface area is 143 Å². The van der Waals surface area contributed by atoms with Crippen LogP contribution in [0.4, 0.5) is 10.5 Å². The largest absolute Gasteiger partial charge is 0.336 e. The van der Waals surface area contributed by atoms with Crippen LogP contribution in [0.1, 0.15) is 23.7 Å². The van der Waals surface area contributed by atoms with Crippen molar-refractivity contribution in [3.63, 3.8) is 0 Å². The molecule has 0 radical (unpaired) electrons. The van der Waals surface area contributed by atoms with Gasteiger partial charge >= 0.3 is 6.03 Å². The summed E-state index contributed by atoms with van der Waals surface area (Å²) in [6.07, 6.45) is 0.944. The van der Waals surface area contributed by atoms with Crippen LogP contribution in [-0.2, 0) is 0 Å². The van der Waals surface area contributed by atoms with Crippen LogP contribution in [0, 0.1) is 5.92 Å². The molecular weight excluding hydrogens is 316 g/mol. The molecule has 2 atom stereocenters. The highest BCUT2D eigenvalue weighted by molar-refractivity contribution is 5.97. The van der Waals surface area contributed by atoms with Gasteiger partial charge in [-0.1, -0.05) is 6.07 Å². The van der Waals surface area contributed by atoms with Gasteiger partial charge < -0.3 is 20.9 Å². The number of nitrogens with two attached hydrogens (primary N) is 1. The second kappa shape index (κ2) is 8.17. The minimum absolute atomic E-state index is 0. The lowest BCUT2D eigenvalue weighted by molar-refractivity contribution is 0.0743. The normalized spacial score (nSPS) is 19.9. The quantitative estimate of drug-likeness (QED) is 0.883. The summed E-state index contributed by atoms with van der Waals surface area (Å²) in [5.41, 5.74) is 6.92. The average molecular weight is 341 g/mol. The van der Waals surface area contributed by atoms with Crippen molar-refractivity contribution in [2.45, 2.75) is 19.4 Å². The van der Waals surface area contributed by atoms with Crippen molar-refractivity contribution in [1.82, 2.24) is 9.80 Å². The van der Waals surface area contributed by atoms with E-state index in [1.807, 2.05) is 11.8 Å². The summed E-state index contributed by atoms with van der Waals surface area (Å²) in [5, 5.41) is 2.75. The number of anilines is 1. The van der Waals surface area contributed by atoms with Crippen LogP contribution in [0.25, 0.3) is 0 Å². The topological polar surface area (TPSA) is 78.7 Å². The first kappa shape index (κ1) is 19.3. The number of carbonyl (C=O) groups is 2. The molecule has 128 valence electrons. The van der Waals surface area contributed by atoms with Crippen LogP contribution in [0.3, 0.4) is 0 Å². The van der Waals surface area contributed by atoms with Crippen molar-refractivity contribution in [2.24, 2.45) is 11.7 Å². The van der Waals surface area contributed by atoms with Gasteiger partial charge in [0.05, 0.1) is 0 Å². The Bertz CT molecular complexity index is 565. The van der Waals surface area contributed by atoms with Gasteiger partial charge in [-0.05, 0) is 44.0 Å². The SMILES string of the molecule is CC1CC(CN)CN1C(=O)c1cccc(NC(=O)N(C)C)c1.Cl. The smallest absolute Gasteiger partial charge is 0.321 e. The van der Waals surface area contributed by atoms with Crippen molar-refractivity contribution >= 4 is 30.0 Å². The predicted molar refractivity (Wildman–Crippen MR) is 94.1 cm³/mol. The van der Waals surface area contributed by atoms with Crippen molar-refractivity contribution in [1.29, 1.82) is 0 Å². The molecule has 1 fully saturated rings. The fourth-order valence-corrected chi connectivity index (χ4v) is 2.73. The van der Waals surface area contributed by atoms with Gasteiger partial charge in [0.1, 0.15) is 0 Å². The number of nitrogens with zero attached hydrogens (tertiary/aromatic N) is 2. The zero-order valence-corrected chi connectivity index (χ0v) is 14.6. The molecule has 1 aliphatic rings. The Balaban J connectivity index is 0.00000264. The summed E-state index contributed by atoms with van der Waals surface area (Å²) in [7, 11) is 3.34. The summed E-state index contributed by atoms with van der Waals surface area (Å²) in [6, 6.07) is 7.01. The van der Waals surface area contributed by atoms with E-state index in [-0.39, 0.29) is 30.4 Å². The fraction of sp³-hybridized carbons (Fsp3) is 0.500. The fourth-order valence-electron chi connectivity index (χ4n) is 2.73. The molecule has 0 aromatic heterocycles. The lowest BCUT2D eigenvalue weighted by atomic mass is 10.1. The van der Waals surface area contributed by atoms with Crippen LogP contribution >= 0.6 is 12.4 Å². The van der Waals surface area contributed by atoms with Gasteiger partial charge in [-0.2, -0.15) is 0 Å². The molecule has 1 saturated heterocycles. The second-order valence-corrected chi connectivity index (χ2v) is 6.05. The van der Waals surface area contributed by atoms with Gasteiger partial charge in [-0.25, -0.2) is 4.79 Å². The first-order valence-corrected chi connectivity index (χ1v) is 7.51. The van der Waals surface area contributed by atoms with Gasteiger partial charge in [0, 0.05) is 37.9 Å². The van der Waals surface area contributed by atoms with E-state index < -0.39 is 0 Å². The molecule has 1 aromatic carbocycles. The Morgan fingerprint density at radius 2 is 2.09 bits per heavy atom. The number of halogens is 1. The van der Waals surface area contributed by atoms with Crippen LogP contribution in [0.5, 0.6) is 0 Å². The second-order valence-electron chi connectivity index (χ2n) is 6.05. The third-order valence-electron chi connectivity index (χ3n) is 4.02. The molecular formula is C16H25ClN4O2. The molecule has 2 rings (SSSR count). The van der Waals surface area contributed by atoms with Crippen LogP contribution in [0.2, 0.25) is 0 Å². The van der Waals surface area contributed by atoms with Gasteiger partial charge in [-0.15, -0.1) is 12.4 Å². The van der Waals surface area contributed by atoms with E-state index in [0.717, 1.165) is 6.42 Å². The third-order valence-corrected chi connectivity index (χ3v) is 4.02. The lowest BCUT2D eigenvalue weighted by Crippen LogP contribution is -2.34. The number of amides is 3. The molecule has 0 spiro atoms. The molecule has 23 heavy (non-hydrogen) atoms. The standard InChI is InChI=1S/C16H24N4O2.ClH/c1-11-7-12(9-17)10-20(11)15(21)13-5-4-6-14(8-13)18-16(22)19(2)3;/h4-6,8,11-12H,7,9-10,17H2,1-3H3,(H,18,22);1H. The Kier molecular flexibility index (Phi) is 6.84. The minimum Gasteiger partial charge on any atom is -0.336 e. The summed E-state index contributed by atoms with van der Waals surface area (Å²) in [6.45, 7) is 3.35. The van der Waals surface area contributed by atoms with E-state index in [2.05, 4.69) is 5.32 Å². The number of urea groups is 1. The van der Waals surface area contributed by atoms with E-state index >= 15 is 0 Å². The predicted octanol–water partition coefficient (Wildman–Crippen LogP) is 2.01. The zero-order valence-electron chi connectivity index (χ0n) is 13.8. The zero-order chi connectivity index (χ0) is 16.3. The molecule has 1 aromatic rings. The molecule has 0 aliphatic carbocycles. The number of benzene rings is 1. The maximum Gasteiger partial charge on any atom is 0.321 e. The average Bonchev–Trinajstić information content (AvgIpc) is 2.87. The molecule has 3 N–H and O–H groups in total. The highest BCUT2D eigenvalue weighted by Gasteiger charge is 2.32. The van der Waals surface area contributed by atoms with Gasteiger partial charge in [0.15, 0.2) is 0 Å². The lowest BCUT2D eigenvalue weighted by Gasteiger charge is -2.22. The number of nitrogens with one attached hydrogen (secondary N) is 1. The number of hydrogen-bond acceptors (Lipinski definition) is 3. The highest BCUT2D eigenvalue weighted by Crippen LogP contribution is 2.24. The van der Waals surface area contributed by atoms with E-state index in [0.29, 0.717) is 30.3 Å². The van der Waals surface area contributed by atoms with E-state index in [4.69, 9.17) is 5.73 Å². The Morgan fingerprint density at radius 3 is 2.65 bits per heavy atom. The molecule has 7 heteroatoms. The van der Waals surface area contributed by atoms with E-state index in [1.165, 1.54) is 4.90 Å². The summed E-state index contributed by atoms with van der Waals surface area (Å²) in [5.74, 6) is 0.361. The van der Waals surface area contributed by atoms with Crippen molar-refractivity contribution < 1.29 is 9.59 Å². The van der Waals surface area contributed by atoms with E-state index in [1.54, 1.807) is 38.4 Å². The molecule has 1 aliphatic heterocycles. The number of likely N-dealkylation sites (tertiary alicyclic amines) is 1. The highest BCUT2D eigenvalue weighted by atomic mass is 35.5. The number of hydrogen-bond donors (Lipinski definition) is 2. The maximum atomic E-state index is 12.7. The van der Waals surface area contributed by atoms with Gasteiger partial charge in [0.2, 0.25) is 0 Å². The maximum absolute atomic E-state index is 12.7. The van der Waals surface area contributed by atoms with Gasteiger partial charge in [0.25, 0.3) is 5.91 Å². The van der Waals surface area contributed by atoms with Crippen molar-refractivity contribution in [3.8, 4) is 0 Å². The summed E-state index contributed by atoms with van der Waals surface area (Å²) >= 11 is 0. The first-order chi connectivity index (χ1) is 10.4. The molecule has 0 saturated carbocycles. The number of rotatable bonds is 3. The molecule has 1 heterocycles. The molecule has 2 unspecified atom stereocenters. The van der Waals surface area contributed by atoms with Crippen molar-refractivity contribution in [3.05, 3.63) is 29.8 Å². The first-order valence-electron chi connectivity index (χ1n) is 7.51. The van der Waals surface area contributed by atoms with Gasteiger partial charge in [-0.3, -0.25) is 4.79 Å². The van der Waals surface area contributed by atoms with Crippen molar-refractivity contribution in [2.75, 3.05) is 32.5 Å². The monoisotopic (exact) mass is 340 g/mol. The van der Waals surface area contributed by atoms with E-state index in [9.17, 15) is 9.59 Å².